The van der Waals surface area contributed by atoms with Gasteiger partial charge in [-0.05, 0) is 31.4 Å². The summed E-state index contributed by atoms with van der Waals surface area (Å²) in [4.78, 5) is 11.4. The van der Waals surface area contributed by atoms with Crippen molar-refractivity contribution >= 4 is 5.78 Å². The summed E-state index contributed by atoms with van der Waals surface area (Å²) >= 11 is 0. The van der Waals surface area contributed by atoms with E-state index in [1.807, 2.05) is 16.7 Å². The summed E-state index contributed by atoms with van der Waals surface area (Å²) in [5.74, 6) is 1.64. The Hall–Kier alpha value is -1.46. The normalized spacial score (nSPS) is 27.8. The van der Waals surface area contributed by atoms with Crippen LogP contribution in [0.2, 0.25) is 0 Å². The lowest BCUT2D eigenvalue weighted by Crippen LogP contribution is -2.40. The molecule has 0 spiro atoms. The number of hydrogen-bond acceptors (Lipinski definition) is 4. The smallest absolute Gasteiger partial charge is 0.233 e. The standard InChI is InChI=1S/C14H19N5/c1-3-11-7-18(10-13(11)15-4-1)8-12-9-19-6-2-5-16-14(19)17-12/h2,5-6,9,11,13,15H,1,3-4,7-8,10H2. The van der Waals surface area contributed by atoms with E-state index < -0.39 is 0 Å². The molecule has 0 amide bonds. The minimum Gasteiger partial charge on any atom is -0.312 e. The maximum Gasteiger partial charge on any atom is 0.233 e. The first kappa shape index (κ1) is 11.4. The second kappa shape index (κ2) is 4.58. The molecule has 2 unspecified atom stereocenters. The average molecular weight is 257 g/mol. The van der Waals surface area contributed by atoms with E-state index in [0.29, 0.717) is 6.04 Å². The van der Waals surface area contributed by atoms with E-state index in [9.17, 15) is 0 Å². The first-order valence-electron chi connectivity index (χ1n) is 7.13. The fourth-order valence-electron chi connectivity index (χ4n) is 3.45. The van der Waals surface area contributed by atoms with E-state index in [-0.39, 0.29) is 0 Å². The van der Waals surface area contributed by atoms with E-state index >= 15 is 0 Å². The molecule has 2 aromatic heterocycles. The summed E-state index contributed by atoms with van der Waals surface area (Å²) in [5, 5.41) is 3.64. The minimum absolute atomic E-state index is 0.698. The molecule has 2 aromatic rings. The van der Waals surface area contributed by atoms with Gasteiger partial charge in [0.25, 0.3) is 0 Å². The van der Waals surface area contributed by atoms with Crippen LogP contribution < -0.4 is 5.32 Å². The zero-order valence-corrected chi connectivity index (χ0v) is 11.0. The first-order valence-corrected chi connectivity index (χ1v) is 7.13. The number of aromatic nitrogens is 3. The second-order valence-corrected chi connectivity index (χ2v) is 5.72. The van der Waals surface area contributed by atoms with Crippen molar-refractivity contribution in [3.63, 3.8) is 0 Å². The Morgan fingerprint density at radius 2 is 2.37 bits per heavy atom. The van der Waals surface area contributed by atoms with Gasteiger partial charge in [0, 0.05) is 44.3 Å². The van der Waals surface area contributed by atoms with Crippen LogP contribution in [-0.4, -0.2) is 44.9 Å². The van der Waals surface area contributed by atoms with Crippen LogP contribution in [0.25, 0.3) is 5.78 Å². The molecule has 5 nitrogen and oxygen atoms in total. The summed E-state index contributed by atoms with van der Waals surface area (Å²) in [5.41, 5.74) is 1.12. The number of likely N-dealkylation sites (tertiary alicyclic amines) is 1. The zero-order valence-electron chi connectivity index (χ0n) is 11.0. The lowest BCUT2D eigenvalue weighted by Gasteiger charge is -2.24. The third-order valence-corrected chi connectivity index (χ3v) is 4.35. The SMILES string of the molecule is c1cnc2nc(CN3CC4CCCNC4C3)cn2c1. The highest BCUT2D eigenvalue weighted by atomic mass is 15.2. The predicted molar refractivity (Wildman–Crippen MR) is 72.8 cm³/mol. The number of rotatable bonds is 2. The van der Waals surface area contributed by atoms with Crippen molar-refractivity contribution in [2.75, 3.05) is 19.6 Å². The van der Waals surface area contributed by atoms with Gasteiger partial charge in [0.2, 0.25) is 5.78 Å². The van der Waals surface area contributed by atoms with Crippen LogP contribution >= 0.6 is 0 Å². The molecule has 4 heterocycles. The van der Waals surface area contributed by atoms with Crippen molar-refractivity contribution in [2.24, 2.45) is 5.92 Å². The third kappa shape index (κ3) is 2.13. The van der Waals surface area contributed by atoms with Gasteiger partial charge in [0.05, 0.1) is 5.69 Å². The van der Waals surface area contributed by atoms with Gasteiger partial charge in [-0.25, -0.2) is 9.97 Å². The fraction of sp³-hybridized carbons (Fsp3) is 0.571. The Bertz CT molecular complexity index is 531. The quantitative estimate of drug-likeness (QED) is 0.869. The Morgan fingerprint density at radius 3 is 3.26 bits per heavy atom. The van der Waals surface area contributed by atoms with Gasteiger partial charge in [-0.1, -0.05) is 0 Å². The molecule has 0 radical (unpaired) electrons. The lowest BCUT2D eigenvalue weighted by molar-refractivity contribution is 0.310. The molecule has 2 aliphatic heterocycles. The van der Waals surface area contributed by atoms with E-state index in [1.165, 1.54) is 25.9 Å². The van der Waals surface area contributed by atoms with E-state index in [0.717, 1.165) is 30.5 Å². The van der Waals surface area contributed by atoms with Crippen molar-refractivity contribution < 1.29 is 0 Å². The van der Waals surface area contributed by atoms with Crippen LogP contribution in [0.1, 0.15) is 18.5 Å². The Morgan fingerprint density at radius 1 is 1.37 bits per heavy atom. The molecular formula is C14H19N5. The number of nitrogens with zero attached hydrogens (tertiary/aromatic N) is 4. The maximum absolute atomic E-state index is 4.58. The number of hydrogen-bond donors (Lipinski definition) is 1. The zero-order chi connectivity index (χ0) is 12.7. The van der Waals surface area contributed by atoms with Crippen molar-refractivity contribution in [1.29, 1.82) is 0 Å². The molecule has 100 valence electrons. The van der Waals surface area contributed by atoms with Crippen molar-refractivity contribution in [1.82, 2.24) is 24.6 Å². The Labute approximate surface area is 112 Å². The number of nitrogens with one attached hydrogen (secondary N) is 1. The van der Waals surface area contributed by atoms with Gasteiger partial charge in [0.15, 0.2) is 0 Å². The van der Waals surface area contributed by atoms with Crippen LogP contribution in [-0.2, 0) is 6.54 Å². The topological polar surface area (TPSA) is 45.5 Å². The summed E-state index contributed by atoms with van der Waals surface area (Å²) in [7, 11) is 0. The molecule has 2 atom stereocenters. The van der Waals surface area contributed by atoms with Gasteiger partial charge >= 0.3 is 0 Å². The van der Waals surface area contributed by atoms with Crippen LogP contribution in [0.4, 0.5) is 0 Å². The molecule has 2 saturated heterocycles. The number of piperidine rings is 1. The molecule has 5 heteroatoms. The lowest BCUT2D eigenvalue weighted by atomic mass is 9.94. The van der Waals surface area contributed by atoms with Crippen LogP contribution in [0, 0.1) is 5.92 Å². The number of fused-ring (bicyclic) bond motifs is 2. The summed E-state index contributed by atoms with van der Waals surface area (Å²) in [6, 6.07) is 2.64. The van der Waals surface area contributed by atoms with E-state index in [2.05, 4.69) is 26.4 Å². The van der Waals surface area contributed by atoms with Gasteiger partial charge in [-0.15, -0.1) is 0 Å². The fourth-order valence-corrected chi connectivity index (χ4v) is 3.45. The van der Waals surface area contributed by atoms with Crippen molar-refractivity contribution in [2.45, 2.75) is 25.4 Å². The molecular weight excluding hydrogens is 238 g/mol. The second-order valence-electron chi connectivity index (χ2n) is 5.72. The summed E-state index contributed by atoms with van der Waals surface area (Å²) < 4.78 is 2.00. The first-order chi connectivity index (χ1) is 9.38. The van der Waals surface area contributed by atoms with Crippen LogP contribution in [0.3, 0.4) is 0 Å². The molecule has 2 aliphatic rings. The van der Waals surface area contributed by atoms with E-state index in [4.69, 9.17) is 0 Å². The van der Waals surface area contributed by atoms with Crippen molar-refractivity contribution in [3.8, 4) is 0 Å². The van der Waals surface area contributed by atoms with Crippen LogP contribution in [0.15, 0.2) is 24.7 Å². The molecule has 0 aliphatic carbocycles. The maximum atomic E-state index is 4.58. The highest BCUT2D eigenvalue weighted by molar-refractivity contribution is 5.29. The monoisotopic (exact) mass is 257 g/mol. The van der Waals surface area contributed by atoms with Crippen LogP contribution in [0.5, 0.6) is 0 Å². The highest BCUT2D eigenvalue weighted by Crippen LogP contribution is 2.25. The Balaban J connectivity index is 1.49. The third-order valence-electron chi connectivity index (χ3n) is 4.35. The minimum atomic E-state index is 0.698. The highest BCUT2D eigenvalue weighted by Gasteiger charge is 2.34. The van der Waals surface area contributed by atoms with Gasteiger partial charge in [-0.3, -0.25) is 9.30 Å². The summed E-state index contributed by atoms with van der Waals surface area (Å²) in [6.07, 6.45) is 8.59. The number of imidazole rings is 1. The molecule has 4 rings (SSSR count). The summed E-state index contributed by atoms with van der Waals surface area (Å²) in [6.45, 7) is 4.50. The van der Waals surface area contributed by atoms with E-state index in [1.54, 1.807) is 6.20 Å². The van der Waals surface area contributed by atoms with Gasteiger partial charge < -0.3 is 5.32 Å². The average Bonchev–Trinajstić information content (AvgIpc) is 3.00. The largest absolute Gasteiger partial charge is 0.312 e. The molecule has 0 bridgehead atoms. The van der Waals surface area contributed by atoms with Crippen molar-refractivity contribution in [3.05, 3.63) is 30.4 Å². The molecule has 0 saturated carbocycles. The molecule has 1 N–H and O–H groups in total. The Kier molecular flexibility index (Phi) is 2.74. The molecule has 2 fully saturated rings. The van der Waals surface area contributed by atoms with Gasteiger partial charge in [-0.2, -0.15) is 0 Å². The predicted octanol–water partition coefficient (Wildman–Crippen LogP) is 0.913. The molecule has 19 heavy (non-hydrogen) atoms. The van der Waals surface area contributed by atoms with Gasteiger partial charge in [0.1, 0.15) is 0 Å². The molecule has 0 aromatic carbocycles.